The molecule has 13 heavy (non-hydrogen) atoms. The molecule has 0 rings (SSSR count). The quantitative estimate of drug-likeness (QED) is 0.640. The van der Waals surface area contributed by atoms with E-state index in [2.05, 4.69) is 0 Å². The first-order valence-electron chi connectivity index (χ1n) is 4.37. The lowest BCUT2D eigenvalue weighted by molar-refractivity contribution is -0.163. The number of rotatable bonds is 5. The number of hydrogen-bond acceptors (Lipinski definition) is 4. The molecular weight excluding hydrogens is 192 g/mol. The molecule has 5 heteroatoms. The van der Waals surface area contributed by atoms with Gasteiger partial charge in [-0.25, -0.2) is 8.42 Å². The van der Waals surface area contributed by atoms with Crippen LogP contribution in [-0.2, 0) is 9.84 Å². The molecule has 0 spiro atoms. The van der Waals surface area contributed by atoms with E-state index in [1.165, 1.54) is 0 Å². The first-order chi connectivity index (χ1) is 5.71. The number of aliphatic hydroxyl groups is 2. The Morgan fingerprint density at radius 1 is 1.31 bits per heavy atom. The molecule has 0 saturated carbocycles. The van der Waals surface area contributed by atoms with Gasteiger partial charge in [-0.1, -0.05) is 6.92 Å². The molecule has 0 aliphatic rings. The van der Waals surface area contributed by atoms with Crippen LogP contribution >= 0.6 is 0 Å². The maximum Gasteiger partial charge on any atom is 0.163 e. The van der Waals surface area contributed by atoms with Crippen LogP contribution in [0.4, 0.5) is 0 Å². The zero-order chi connectivity index (χ0) is 10.7. The zero-order valence-electron chi connectivity index (χ0n) is 8.32. The first kappa shape index (κ1) is 12.9. The molecule has 0 aromatic heterocycles. The zero-order valence-corrected chi connectivity index (χ0v) is 9.13. The SMILES string of the molecule is CCC(O)(O)CCS(=O)(=O)C(C)C. The second-order valence-corrected chi connectivity index (χ2v) is 6.18. The second kappa shape index (κ2) is 4.39. The minimum atomic E-state index is -3.16. The molecule has 0 amide bonds. The maximum absolute atomic E-state index is 11.3. The fourth-order valence-corrected chi connectivity index (χ4v) is 1.80. The number of hydrogen-bond donors (Lipinski definition) is 2. The van der Waals surface area contributed by atoms with Gasteiger partial charge in [0.1, 0.15) is 0 Å². The van der Waals surface area contributed by atoms with Gasteiger partial charge < -0.3 is 10.2 Å². The molecule has 0 aliphatic heterocycles. The van der Waals surface area contributed by atoms with E-state index in [1.807, 2.05) is 0 Å². The summed E-state index contributed by atoms with van der Waals surface area (Å²) in [4.78, 5) is 0. The molecule has 0 saturated heterocycles. The minimum Gasteiger partial charge on any atom is -0.366 e. The van der Waals surface area contributed by atoms with E-state index >= 15 is 0 Å². The van der Waals surface area contributed by atoms with Crippen molar-refractivity contribution in [3.05, 3.63) is 0 Å². The maximum atomic E-state index is 11.3. The van der Waals surface area contributed by atoms with E-state index in [9.17, 15) is 8.42 Å². The lowest BCUT2D eigenvalue weighted by Gasteiger charge is -2.19. The normalized spacial score (nSPS) is 13.7. The van der Waals surface area contributed by atoms with Crippen molar-refractivity contribution < 1.29 is 18.6 Å². The molecule has 0 radical (unpaired) electrons. The summed E-state index contributed by atoms with van der Waals surface area (Å²) in [5.41, 5.74) is 0. The van der Waals surface area contributed by atoms with Gasteiger partial charge in [-0.05, 0) is 20.3 Å². The summed E-state index contributed by atoms with van der Waals surface area (Å²) < 4.78 is 22.5. The molecule has 2 N–H and O–H groups in total. The Morgan fingerprint density at radius 3 is 2.08 bits per heavy atom. The third kappa shape index (κ3) is 4.59. The predicted octanol–water partition coefficient (Wildman–Crippen LogP) is 0.291. The third-order valence-electron chi connectivity index (χ3n) is 2.07. The summed E-state index contributed by atoms with van der Waals surface area (Å²) in [5, 5.41) is 17.9. The van der Waals surface area contributed by atoms with Crippen LogP contribution in [0.1, 0.15) is 33.6 Å². The van der Waals surface area contributed by atoms with Crippen molar-refractivity contribution in [2.75, 3.05) is 5.75 Å². The van der Waals surface area contributed by atoms with Gasteiger partial charge in [0.05, 0.1) is 11.0 Å². The third-order valence-corrected chi connectivity index (χ3v) is 4.28. The Labute approximate surface area is 79.5 Å². The van der Waals surface area contributed by atoms with Crippen LogP contribution in [-0.4, -0.2) is 35.4 Å². The van der Waals surface area contributed by atoms with E-state index in [4.69, 9.17) is 10.2 Å². The molecule has 4 nitrogen and oxygen atoms in total. The summed E-state index contributed by atoms with van der Waals surface area (Å²) >= 11 is 0. The van der Waals surface area contributed by atoms with E-state index in [0.717, 1.165) is 0 Å². The fourth-order valence-electron chi connectivity index (χ4n) is 0.718. The summed E-state index contributed by atoms with van der Waals surface area (Å²) in [6.45, 7) is 4.76. The van der Waals surface area contributed by atoms with Crippen molar-refractivity contribution in [1.82, 2.24) is 0 Å². The Hall–Kier alpha value is -0.130. The van der Waals surface area contributed by atoms with Crippen molar-refractivity contribution in [1.29, 1.82) is 0 Å². The van der Waals surface area contributed by atoms with Gasteiger partial charge in [0, 0.05) is 6.42 Å². The molecule has 0 atom stereocenters. The Kier molecular flexibility index (Phi) is 4.35. The summed E-state index contributed by atoms with van der Waals surface area (Å²) in [7, 11) is -3.16. The molecule has 0 fully saturated rings. The van der Waals surface area contributed by atoms with Crippen LogP contribution in [0.15, 0.2) is 0 Å². The Bertz CT molecular complexity index is 241. The van der Waals surface area contributed by atoms with E-state index < -0.39 is 20.9 Å². The molecule has 0 heterocycles. The average Bonchev–Trinajstić information content (AvgIpc) is 2.01. The standard InChI is InChI=1S/C8H18O4S/c1-4-8(9,10)5-6-13(11,12)7(2)3/h7,9-10H,4-6H2,1-3H3. The molecule has 80 valence electrons. The van der Waals surface area contributed by atoms with Crippen LogP contribution in [0.3, 0.4) is 0 Å². The summed E-state index contributed by atoms with van der Waals surface area (Å²) in [6, 6.07) is 0. The van der Waals surface area contributed by atoms with Gasteiger partial charge in [-0.3, -0.25) is 0 Å². The molecule has 0 bridgehead atoms. The van der Waals surface area contributed by atoms with Gasteiger partial charge >= 0.3 is 0 Å². The molecule has 0 aromatic carbocycles. The Morgan fingerprint density at radius 2 is 1.77 bits per heavy atom. The van der Waals surface area contributed by atoms with Gasteiger partial charge in [-0.2, -0.15) is 0 Å². The first-order valence-corrected chi connectivity index (χ1v) is 6.09. The molecular formula is C8H18O4S. The van der Waals surface area contributed by atoms with Crippen molar-refractivity contribution in [3.63, 3.8) is 0 Å². The van der Waals surface area contributed by atoms with Gasteiger partial charge in [0.25, 0.3) is 0 Å². The highest BCUT2D eigenvalue weighted by molar-refractivity contribution is 7.91. The van der Waals surface area contributed by atoms with E-state index in [0.29, 0.717) is 0 Å². The lowest BCUT2D eigenvalue weighted by Crippen LogP contribution is -2.31. The predicted molar refractivity (Wildman–Crippen MR) is 51.0 cm³/mol. The van der Waals surface area contributed by atoms with Crippen molar-refractivity contribution in [2.24, 2.45) is 0 Å². The Balaban J connectivity index is 4.19. The molecule has 0 unspecified atom stereocenters. The highest BCUT2D eigenvalue weighted by Crippen LogP contribution is 2.13. The highest BCUT2D eigenvalue weighted by Gasteiger charge is 2.25. The molecule has 0 aliphatic carbocycles. The minimum absolute atomic E-state index is 0.121. The monoisotopic (exact) mass is 210 g/mol. The van der Waals surface area contributed by atoms with Gasteiger partial charge in [0.2, 0.25) is 0 Å². The smallest absolute Gasteiger partial charge is 0.163 e. The van der Waals surface area contributed by atoms with Crippen LogP contribution in [0.2, 0.25) is 0 Å². The van der Waals surface area contributed by atoms with Crippen LogP contribution in [0, 0.1) is 0 Å². The average molecular weight is 210 g/mol. The van der Waals surface area contributed by atoms with Crippen LogP contribution in [0.25, 0.3) is 0 Å². The van der Waals surface area contributed by atoms with Crippen LogP contribution < -0.4 is 0 Å². The van der Waals surface area contributed by atoms with E-state index in [-0.39, 0.29) is 18.6 Å². The fraction of sp³-hybridized carbons (Fsp3) is 1.00. The van der Waals surface area contributed by atoms with Crippen molar-refractivity contribution in [3.8, 4) is 0 Å². The lowest BCUT2D eigenvalue weighted by atomic mass is 10.2. The van der Waals surface area contributed by atoms with Gasteiger partial charge in [-0.15, -0.1) is 0 Å². The molecule has 0 aromatic rings. The van der Waals surface area contributed by atoms with E-state index in [1.54, 1.807) is 20.8 Å². The van der Waals surface area contributed by atoms with Crippen molar-refractivity contribution in [2.45, 2.75) is 44.6 Å². The number of sulfone groups is 1. The highest BCUT2D eigenvalue weighted by atomic mass is 32.2. The largest absolute Gasteiger partial charge is 0.366 e. The van der Waals surface area contributed by atoms with Crippen molar-refractivity contribution >= 4 is 9.84 Å². The van der Waals surface area contributed by atoms with Gasteiger partial charge in [0.15, 0.2) is 15.6 Å². The summed E-state index contributed by atoms with van der Waals surface area (Å²) in [5.74, 6) is -2.02. The van der Waals surface area contributed by atoms with Crippen LogP contribution in [0.5, 0.6) is 0 Å². The summed E-state index contributed by atoms with van der Waals surface area (Å²) in [6.07, 6.45) is 0.0185. The topological polar surface area (TPSA) is 74.6 Å². The second-order valence-electron chi connectivity index (χ2n) is 3.50.